The van der Waals surface area contributed by atoms with Crippen LogP contribution in [0.4, 0.5) is 0 Å². The summed E-state index contributed by atoms with van der Waals surface area (Å²) in [5.41, 5.74) is 0. The van der Waals surface area contributed by atoms with Crippen LogP contribution in [0.15, 0.2) is 0 Å². The van der Waals surface area contributed by atoms with Crippen molar-refractivity contribution in [3.05, 3.63) is 0 Å². The lowest BCUT2D eigenvalue weighted by atomic mass is 9.80. The standard InChI is InChI=1S/C18H30O2/c19-14-17(13-16-9-5-2-6-10-16)18(20)12-11-15-7-3-1-4-8-15/h14-17H,1-13H2. The Morgan fingerprint density at radius 1 is 0.900 bits per heavy atom. The number of rotatable bonds is 7. The molecule has 0 amide bonds. The number of aldehydes is 1. The molecule has 2 aliphatic rings. The molecule has 0 aromatic rings. The summed E-state index contributed by atoms with van der Waals surface area (Å²) in [7, 11) is 0. The van der Waals surface area contributed by atoms with Gasteiger partial charge in [0.2, 0.25) is 0 Å². The van der Waals surface area contributed by atoms with Gasteiger partial charge in [0.25, 0.3) is 0 Å². The van der Waals surface area contributed by atoms with Crippen molar-refractivity contribution in [2.24, 2.45) is 17.8 Å². The Balaban J connectivity index is 1.71. The van der Waals surface area contributed by atoms with Crippen LogP contribution in [0.25, 0.3) is 0 Å². The van der Waals surface area contributed by atoms with Crippen molar-refractivity contribution in [1.82, 2.24) is 0 Å². The van der Waals surface area contributed by atoms with E-state index in [1.165, 1.54) is 64.2 Å². The normalized spacial score (nSPS) is 23.4. The summed E-state index contributed by atoms with van der Waals surface area (Å²) < 4.78 is 0. The molecule has 1 atom stereocenters. The van der Waals surface area contributed by atoms with Crippen LogP contribution >= 0.6 is 0 Å². The van der Waals surface area contributed by atoms with Crippen molar-refractivity contribution in [2.45, 2.75) is 83.5 Å². The van der Waals surface area contributed by atoms with Gasteiger partial charge in [-0.2, -0.15) is 0 Å². The number of ketones is 1. The average Bonchev–Trinajstić information content (AvgIpc) is 2.52. The third-order valence-corrected chi connectivity index (χ3v) is 5.41. The van der Waals surface area contributed by atoms with Crippen LogP contribution in [0.2, 0.25) is 0 Å². The van der Waals surface area contributed by atoms with E-state index in [0.29, 0.717) is 12.3 Å². The molecule has 2 rings (SSSR count). The third-order valence-electron chi connectivity index (χ3n) is 5.41. The monoisotopic (exact) mass is 278 g/mol. The van der Waals surface area contributed by atoms with Crippen LogP contribution in [0.3, 0.4) is 0 Å². The summed E-state index contributed by atoms with van der Waals surface area (Å²) in [6.07, 6.45) is 16.4. The van der Waals surface area contributed by atoms with Gasteiger partial charge in [-0.1, -0.05) is 64.2 Å². The third kappa shape index (κ3) is 5.03. The van der Waals surface area contributed by atoms with Crippen LogP contribution in [-0.4, -0.2) is 12.1 Å². The van der Waals surface area contributed by atoms with Gasteiger partial charge >= 0.3 is 0 Å². The minimum atomic E-state index is -0.304. The van der Waals surface area contributed by atoms with Crippen LogP contribution < -0.4 is 0 Å². The molecule has 2 saturated carbocycles. The highest BCUT2D eigenvalue weighted by molar-refractivity contribution is 5.93. The van der Waals surface area contributed by atoms with Crippen LogP contribution in [-0.2, 0) is 9.59 Å². The largest absolute Gasteiger partial charge is 0.303 e. The number of hydrogen-bond acceptors (Lipinski definition) is 2. The van der Waals surface area contributed by atoms with Gasteiger partial charge in [0.05, 0.1) is 5.92 Å². The molecule has 0 saturated heterocycles. The first kappa shape index (κ1) is 15.7. The van der Waals surface area contributed by atoms with Gasteiger partial charge in [-0.3, -0.25) is 4.79 Å². The van der Waals surface area contributed by atoms with Crippen molar-refractivity contribution in [3.8, 4) is 0 Å². The Morgan fingerprint density at radius 3 is 2.00 bits per heavy atom. The maximum absolute atomic E-state index is 12.3. The van der Waals surface area contributed by atoms with Gasteiger partial charge in [-0.25, -0.2) is 0 Å². The summed E-state index contributed by atoms with van der Waals surface area (Å²) in [6.45, 7) is 0. The molecule has 0 bridgehead atoms. The van der Waals surface area contributed by atoms with Crippen LogP contribution in [0.1, 0.15) is 83.5 Å². The highest BCUT2D eigenvalue weighted by Crippen LogP contribution is 2.31. The molecule has 2 aliphatic carbocycles. The molecule has 0 heterocycles. The van der Waals surface area contributed by atoms with E-state index in [1.807, 2.05) is 0 Å². The maximum Gasteiger partial charge on any atom is 0.143 e. The Morgan fingerprint density at radius 2 is 1.45 bits per heavy atom. The highest BCUT2D eigenvalue weighted by atomic mass is 16.1. The fourth-order valence-electron chi connectivity index (χ4n) is 4.05. The van der Waals surface area contributed by atoms with Crippen molar-refractivity contribution in [2.75, 3.05) is 0 Å². The molecular weight excluding hydrogens is 248 g/mol. The lowest BCUT2D eigenvalue weighted by Crippen LogP contribution is -2.22. The molecular formula is C18H30O2. The first-order chi connectivity index (χ1) is 9.79. The molecule has 0 aromatic heterocycles. The summed E-state index contributed by atoms with van der Waals surface area (Å²) in [5, 5.41) is 0. The predicted octanol–water partition coefficient (Wildman–Crippen LogP) is 4.70. The first-order valence-corrected chi connectivity index (χ1v) is 8.77. The Hall–Kier alpha value is -0.660. The summed E-state index contributed by atoms with van der Waals surface area (Å²) in [5.74, 6) is 1.28. The van der Waals surface area contributed by atoms with Crippen LogP contribution in [0, 0.1) is 17.8 Å². The summed E-state index contributed by atoms with van der Waals surface area (Å²) >= 11 is 0. The minimum absolute atomic E-state index is 0.219. The number of hydrogen-bond donors (Lipinski definition) is 0. The Kier molecular flexibility index (Phi) is 6.75. The van der Waals surface area contributed by atoms with Gasteiger partial charge in [-0.15, -0.1) is 0 Å². The highest BCUT2D eigenvalue weighted by Gasteiger charge is 2.24. The van der Waals surface area contributed by atoms with Crippen molar-refractivity contribution >= 4 is 12.1 Å². The molecule has 0 spiro atoms. The molecule has 114 valence electrons. The Labute approximate surface area is 123 Å². The van der Waals surface area contributed by atoms with E-state index in [2.05, 4.69) is 0 Å². The van der Waals surface area contributed by atoms with E-state index in [1.54, 1.807) is 0 Å². The summed E-state index contributed by atoms with van der Waals surface area (Å²) in [4.78, 5) is 23.5. The topological polar surface area (TPSA) is 34.1 Å². The van der Waals surface area contributed by atoms with Crippen molar-refractivity contribution in [1.29, 1.82) is 0 Å². The quantitative estimate of drug-likeness (QED) is 0.499. The molecule has 0 aromatic carbocycles. The SMILES string of the molecule is O=CC(CC1CCCCC1)C(=O)CCC1CCCCC1. The fraction of sp³-hybridized carbons (Fsp3) is 0.889. The molecule has 20 heavy (non-hydrogen) atoms. The molecule has 0 radical (unpaired) electrons. The zero-order chi connectivity index (χ0) is 14.2. The van der Waals surface area contributed by atoms with Gasteiger partial charge in [0.15, 0.2) is 0 Å². The second-order valence-electron chi connectivity index (χ2n) is 6.99. The van der Waals surface area contributed by atoms with Gasteiger partial charge in [0.1, 0.15) is 12.1 Å². The van der Waals surface area contributed by atoms with E-state index in [9.17, 15) is 9.59 Å². The van der Waals surface area contributed by atoms with Gasteiger partial charge < -0.3 is 4.79 Å². The van der Waals surface area contributed by atoms with Gasteiger partial charge in [0, 0.05) is 6.42 Å². The summed E-state index contributed by atoms with van der Waals surface area (Å²) in [6, 6.07) is 0. The van der Waals surface area contributed by atoms with Crippen LogP contribution in [0.5, 0.6) is 0 Å². The number of carbonyl (C=O) groups is 2. The maximum atomic E-state index is 12.3. The average molecular weight is 278 g/mol. The zero-order valence-corrected chi connectivity index (χ0v) is 12.8. The van der Waals surface area contributed by atoms with E-state index >= 15 is 0 Å². The van der Waals surface area contributed by atoms with Crippen molar-refractivity contribution in [3.63, 3.8) is 0 Å². The van der Waals surface area contributed by atoms with Gasteiger partial charge in [-0.05, 0) is 24.7 Å². The molecule has 2 heteroatoms. The second kappa shape index (κ2) is 8.59. The second-order valence-corrected chi connectivity index (χ2v) is 6.99. The van der Waals surface area contributed by atoms with E-state index in [-0.39, 0.29) is 11.7 Å². The predicted molar refractivity (Wildman–Crippen MR) is 81.6 cm³/mol. The van der Waals surface area contributed by atoms with E-state index < -0.39 is 0 Å². The molecule has 2 nitrogen and oxygen atoms in total. The molecule has 1 unspecified atom stereocenters. The molecule has 2 fully saturated rings. The number of carbonyl (C=O) groups excluding carboxylic acids is 2. The molecule has 0 N–H and O–H groups in total. The minimum Gasteiger partial charge on any atom is -0.303 e. The lowest BCUT2D eigenvalue weighted by Gasteiger charge is -2.24. The zero-order valence-electron chi connectivity index (χ0n) is 12.8. The van der Waals surface area contributed by atoms with E-state index in [0.717, 1.165) is 25.0 Å². The lowest BCUT2D eigenvalue weighted by molar-refractivity contribution is -0.128. The van der Waals surface area contributed by atoms with E-state index in [4.69, 9.17) is 0 Å². The fourth-order valence-corrected chi connectivity index (χ4v) is 4.05. The first-order valence-electron chi connectivity index (χ1n) is 8.77. The number of Topliss-reactive ketones (excluding diaryl/α,β-unsaturated/α-hetero) is 1. The molecule has 0 aliphatic heterocycles. The smallest absolute Gasteiger partial charge is 0.143 e. The Bertz CT molecular complexity index is 299. The van der Waals surface area contributed by atoms with Crippen molar-refractivity contribution < 1.29 is 9.59 Å².